The Bertz CT molecular complexity index is 1090. The Balaban J connectivity index is 1.81. The fourth-order valence-electron chi connectivity index (χ4n) is 2.86. The number of carbonyl (C=O) groups excluding carboxylic acids is 2. The number of esters is 1. The minimum absolute atomic E-state index is 0.127. The van der Waals surface area contributed by atoms with E-state index in [4.69, 9.17) is 9.15 Å². The van der Waals surface area contributed by atoms with Gasteiger partial charge >= 0.3 is 11.6 Å². The molecule has 6 heteroatoms. The van der Waals surface area contributed by atoms with E-state index in [1.807, 2.05) is 19.1 Å². The van der Waals surface area contributed by atoms with Crippen LogP contribution in [0.15, 0.2) is 51.7 Å². The number of hydrogen-bond donors (Lipinski definition) is 0. The summed E-state index contributed by atoms with van der Waals surface area (Å²) in [5.41, 5.74) is 2.30. The van der Waals surface area contributed by atoms with Gasteiger partial charge in [0.15, 0.2) is 12.4 Å². The second-order valence-electron chi connectivity index (χ2n) is 6.48. The maximum absolute atomic E-state index is 12.2. The second-order valence-corrected chi connectivity index (χ2v) is 6.48. The van der Waals surface area contributed by atoms with Crippen LogP contribution >= 0.6 is 0 Å². The normalized spacial score (nSPS) is 10.7. The number of Topliss-reactive ketones (excluding diaryl/α,β-unsaturated/α-hetero) is 1. The molecule has 3 aromatic rings. The number of methoxy groups -OCH3 is 1. The highest BCUT2D eigenvalue weighted by Gasteiger charge is 2.16. The van der Waals surface area contributed by atoms with Gasteiger partial charge in [-0.25, -0.2) is 4.79 Å². The molecule has 0 saturated carbocycles. The van der Waals surface area contributed by atoms with Crippen LogP contribution in [0.3, 0.4) is 0 Å². The third-order valence-corrected chi connectivity index (χ3v) is 4.55. The van der Waals surface area contributed by atoms with Gasteiger partial charge in [-0.3, -0.25) is 9.59 Å². The molecular weight excluding hydrogens is 360 g/mol. The highest BCUT2D eigenvalue weighted by atomic mass is 16.5. The summed E-state index contributed by atoms with van der Waals surface area (Å²) in [6.45, 7) is 3.57. The van der Waals surface area contributed by atoms with Gasteiger partial charge in [-0.1, -0.05) is 29.8 Å². The van der Waals surface area contributed by atoms with Crippen molar-refractivity contribution in [2.75, 3.05) is 13.7 Å². The van der Waals surface area contributed by atoms with Gasteiger partial charge in [0.25, 0.3) is 0 Å². The number of rotatable bonds is 6. The van der Waals surface area contributed by atoms with Gasteiger partial charge in [0.05, 0.1) is 19.1 Å². The lowest BCUT2D eigenvalue weighted by molar-refractivity contribution is -0.139. The van der Waals surface area contributed by atoms with Crippen LogP contribution in [0.1, 0.15) is 27.0 Å². The summed E-state index contributed by atoms with van der Waals surface area (Å²) in [5, 5.41) is 0.690. The van der Waals surface area contributed by atoms with E-state index in [0.717, 1.165) is 5.56 Å². The molecule has 0 aliphatic heterocycles. The monoisotopic (exact) mass is 380 g/mol. The van der Waals surface area contributed by atoms with Gasteiger partial charge < -0.3 is 13.9 Å². The Morgan fingerprint density at radius 2 is 1.75 bits per heavy atom. The molecule has 1 aromatic heterocycles. The number of ketones is 1. The van der Waals surface area contributed by atoms with Crippen LogP contribution in [0.5, 0.6) is 5.75 Å². The quantitative estimate of drug-likeness (QED) is 0.370. The summed E-state index contributed by atoms with van der Waals surface area (Å²) in [4.78, 5) is 36.0. The smallest absolute Gasteiger partial charge is 0.340 e. The highest BCUT2D eigenvalue weighted by Crippen LogP contribution is 2.24. The second kappa shape index (κ2) is 8.08. The molecule has 6 nitrogen and oxygen atoms in total. The van der Waals surface area contributed by atoms with E-state index >= 15 is 0 Å². The molecule has 0 bridgehead atoms. The van der Waals surface area contributed by atoms with Gasteiger partial charge in [-0.15, -0.1) is 0 Å². The van der Waals surface area contributed by atoms with E-state index in [0.29, 0.717) is 27.8 Å². The number of benzene rings is 2. The number of hydrogen-bond acceptors (Lipinski definition) is 6. The van der Waals surface area contributed by atoms with Gasteiger partial charge in [0.1, 0.15) is 11.3 Å². The molecule has 0 saturated heterocycles. The first kappa shape index (κ1) is 19.4. The molecule has 0 unspecified atom stereocenters. The maximum atomic E-state index is 12.2. The molecule has 0 amide bonds. The predicted octanol–water partition coefficient (Wildman–Crippen LogP) is 3.39. The largest absolute Gasteiger partial charge is 0.485 e. The average Bonchev–Trinajstić information content (AvgIpc) is 2.69. The minimum atomic E-state index is -0.594. The Morgan fingerprint density at radius 3 is 2.43 bits per heavy atom. The molecular formula is C22H20O6. The average molecular weight is 380 g/mol. The van der Waals surface area contributed by atoms with Crippen LogP contribution < -0.4 is 10.4 Å². The van der Waals surface area contributed by atoms with Crippen molar-refractivity contribution in [3.63, 3.8) is 0 Å². The van der Waals surface area contributed by atoms with Crippen molar-refractivity contribution in [1.82, 2.24) is 0 Å². The molecule has 1 heterocycles. The lowest BCUT2D eigenvalue weighted by Crippen LogP contribution is -2.16. The lowest BCUT2D eigenvalue weighted by atomic mass is 10.0. The van der Waals surface area contributed by atoms with Crippen molar-refractivity contribution in [2.45, 2.75) is 20.3 Å². The molecule has 0 spiro atoms. The molecule has 0 atom stereocenters. The van der Waals surface area contributed by atoms with Gasteiger partial charge in [-0.05, 0) is 31.5 Å². The summed E-state index contributed by atoms with van der Waals surface area (Å²) < 4.78 is 15.5. The number of ether oxygens (including phenoxy) is 2. The Hall–Kier alpha value is -3.41. The van der Waals surface area contributed by atoms with Gasteiger partial charge in [-0.2, -0.15) is 0 Å². The first-order valence-electron chi connectivity index (χ1n) is 8.75. The molecule has 0 radical (unpaired) electrons. The fourth-order valence-corrected chi connectivity index (χ4v) is 2.86. The standard InChI is InChI=1S/C22H20O6/c1-13-4-6-15(7-5-13)19(23)12-27-16-8-9-17-14(2)18(11-21(24)26-3)22(25)28-20(17)10-16/h4-10H,11-12H2,1-3H3. The number of carbonyl (C=O) groups is 2. The van der Waals surface area contributed by atoms with Crippen LogP contribution in [-0.2, 0) is 16.0 Å². The van der Waals surface area contributed by atoms with Crippen LogP contribution in [0.2, 0.25) is 0 Å². The van der Waals surface area contributed by atoms with Crippen LogP contribution in [0.4, 0.5) is 0 Å². The molecule has 28 heavy (non-hydrogen) atoms. The molecule has 2 aromatic carbocycles. The van der Waals surface area contributed by atoms with Gasteiger partial charge in [0.2, 0.25) is 0 Å². The Labute approximate surface area is 161 Å². The molecule has 0 aliphatic carbocycles. The zero-order valence-corrected chi connectivity index (χ0v) is 15.9. The van der Waals surface area contributed by atoms with Crippen molar-refractivity contribution in [1.29, 1.82) is 0 Å². The van der Waals surface area contributed by atoms with Crippen molar-refractivity contribution < 1.29 is 23.5 Å². The summed E-state index contributed by atoms with van der Waals surface area (Å²) in [6, 6.07) is 12.2. The topological polar surface area (TPSA) is 82.8 Å². The molecule has 0 aliphatic rings. The highest BCUT2D eigenvalue weighted by molar-refractivity contribution is 5.97. The number of fused-ring (bicyclic) bond motifs is 1. The molecule has 3 rings (SSSR count). The van der Waals surface area contributed by atoms with Crippen LogP contribution in [0, 0.1) is 13.8 Å². The van der Waals surface area contributed by atoms with Crippen LogP contribution in [-0.4, -0.2) is 25.5 Å². The molecule has 0 N–H and O–H groups in total. The summed E-state index contributed by atoms with van der Waals surface area (Å²) in [7, 11) is 1.27. The Kier molecular flexibility index (Phi) is 5.59. The maximum Gasteiger partial charge on any atom is 0.340 e. The summed E-state index contributed by atoms with van der Waals surface area (Å²) in [6.07, 6.45) is -0.149. The third-order valence-electron chi connectivity index (χ3n) is 4.55. The van der Waals surface area contributed by atoms with Crippen molar-refractivity contribution in [2.24, 2.45) is 0 Å². The number of aryl methyl sites for hydroxylation is 2. The third kappa shape index (κ3) is 4.11. The minimum Gasteiger partial charge on any atom is -0.485 e. The van der Waals surface area contributed by atoms with E-state index in [1.165, 1.54) is 7.11 Å². The van der Waals surface area contributed by atoms with E-state index in [1.54, 1.807) is 37.3 Å². The van der Waals surface area contributed by atoms with Crippen LogP contribution in [0.25, 0.3) is 11.0 Å². The van der Waals surface area contributed by atoms with E-state index < -0.39 is 11.6 Å². The van der Waals surface area contributed by atoms with Gasteiger partial charge in [0, 0.05) is 17.0 Å². The van der Waals surface area contributed by atoms with E-state index in [2.05, 4.69) is 4.74 Å². The fraction of sp³-hybridized carbons (Fsp3) is 0.227. The summed E-state index contributed by atoms with van der Waals surface area (Å²) in [5.74, 6) is -0.244. The van der Waals surface area contributed by atoms with E-state index in [-0.39, 0.29) is 24.4 Å². The first-order valence-corrected chi connectivity index (χ1v) is 8.75. The van der Waals surface area contributed by atoms with Crippen molar-refractivity contribution in [3.05, 3.63) is 75.1 Å². The first-order chi connectivity index (χ1) is 13.4. The zero-order chi connectivity index (χ0) is 20.3. The van der Waals surface area contributed by atoms with Crippen molar-refractivity contribution >= 4 is 22.7 Å². The molecule has 0 fully saturated rings. The molecule has 144 valence electrons. The lowest BCUT2D eigenvalue weighted by Gasteiger charge is -2.09. The Morgan fingerprint density at radius 1 is 1.04 bits per heavy atom. The van der Waals surface area contributed by atoms with E-state index in [9.17, 15) is 14.4 Å². The summed E-state index contributed by atoms with van der Waals surface area (Å²) >= 11 is 0. The predicted molar refractivity (Wildman–Crippen MR) is 104 cm³/mol. The van der Waals surface area contributed by atoms with Crippen molar-refractivity contribution in [3.8, 4) is 5.75 Å². The SMILES string of the molecule is COC(=O)Cc1c(C)c2ccc(OCC(=O)c3ccc(C)cc3)cc2oc1=O. The zero-order valence-electron chi connectivity index (χ0n) is 15.9.